The molecule has 1 rings (SSSR count). The second-order valence-corrected chi connectivity index (χ2v) is 5.86. The van der Waals surface area contributed by atoms with E-state index in [9.17, 15) is 30.8 Å². The van der Waals surface area contributed by atoms with Gasteiger partial charge in [-0.05, 0) is 6.07 Å². The molecule has 1 aromatic carbocycles. The number of amides is 1. The highest BCUT2D eigenvalue weighted by molar-refractivity contribution is 7.89. The molecule has 0 heterocycles. The number of halogens is 5. The molecule has 11 heteroatoms. The van der Waals surface area contributed by atoms with Crippen LogP contribution >= 0.6 is 11.6 Å². The van der Waals surface area contributed by atoms with Crippen molar-refractivity contribution in [2.24, 2.45) is 5.14 Å². The van der Waals surface area contributed by atoms with E-state index in [1.165, 1.54) is 0 Å². The van der Waals surface area contributed by atoms with Crippen molar-refractivity contribution in [1.82, 2.24) is 4.90 Å². The van der Waals surface area contributed by atoms with Crippen LogP contribution < -0.4 is 5.14 Å². The van der Waals surface area contributed by atoms with Gasteiger partial charge in [-0.15, -0.1) is 0 Å². The average Bonchev–Trinajstić information content (AvgIpc) is 2.30. The molecule has 2 N–H and O–H groups in total. The van der Waals surface area contributed by atoms with E-state index >= 15 is 0 Å². The third kappa shape index (κ3) is 3.83. The lowest BCUT2D eigenvalue weighted by atomic mass is 10.2. The smallest absolute Gasteiger partial charge is 0.255 e. The number of alkyl halides is 2. The van der Waals surface area contributed by atoms with Crippen LogP contribution in [0.2, 0.25) is 5.02 Å². The van der Waals surface area contributed by atoms with Crippen LogP contribution in [0.1, 0.15) is 10.4 Å². The molecular formula is C10H9ClF4N2O3S. The van der Waals surface area contributed by atoms with E-state index in [1.54, 1.807) is 0 Å². The SMILES string of the molecule is CN(CC(F)F)C(=O)c1cc(F)c(F)c(S(N)(=O)=O)c1Cl. The first-order valence-electron chi connectivity index (χ1n) is 5.20. The Balaban J connectivity index is 3.46. The van der Waals surface area contributed by atoms with Crippen LogP contribution in [0.15, 0.2) is 11.0 Å². The number of carbonyl (C=O) groups is 1. The van der Waals surface area contributed by atoms with Gasteiger partial charge >= 0.3 is 0 Å². The molecule has 0 unspecified atom stereocenters. The lowest BCUT2D eigenvalue weighted by Gasteiger charge is -2.18. The Morgan fingerprint density at radius 3 is 2.38 bits per heavy atom. The summed E-state index contributed by atoms with van der Waals surface area (Å²) in [5, 5.41) is 3.72. The quantitative estimate of drug-likeness (QED) is 0.663. The van der Waals surface area contributed by atoms with E-state index in [0.717, 1.165) is 7.05 Å². The van der Waals surface area contributed by atoms with Crippen LogP contribution in [0.25, 0.3) is 0 Å². The predicted octanol–water partition coefficient (Wildman–Crippen LogP) is 1.60. The molecule has 0 aliphatic heterocycles. The molecule has 21 heavy (non-hydrogen) atoms. The van der Waals surface area contributed by atoms with Crippen LogP contribution in [0.5, 0.6) is 0 Å². The van der Waals surface area contributed by atoms with Gasteiger partial charge in [0.1, 0.15) is 4.90 Å². The Labute approximate surface area is 122 Å². The maximum Gasteiger partial charge on any atom is 0.255 e. The van der Waals surface area contributed by atoms with Crippen LogP contribution in [0.4, 0.5) is 17.6 Å². The zero-order valence-corrected chi connectivity index (χ0v) is 12.0. The van der Waals surface area contributed by atoms with Crippen molar-refractivity contribution in [2.75, 3.05) is 13.6 Å². The van der Waals surface area contributed by atoms with Gasteiger partial charge in [-0.2, -0.15) is 0 Å². The monoisotopic (exact) mass is 348 g/mol. The molecule has 1 amide bonds. The predicted molar refractivity (Wildman–Crippen MR) is 65.7 cm³/mol. The van der Waals surface area contributed by atoms with E-state index < -0.39 is 56.0 Å². The zero-order valence-electron chi connectivity index (χ0n) is 10.4. The van der Waals surface area contributed by atoms with Gasteiger partial charge in [0.25, 0.3) is 12.3 Å². The van der Waals surface area contributed by atoms with Crippen LogP contribution in [0.3, 0.4) is 0 Å². The van der Waals surface area contributed by atoms with Gasteiger partial charge in [0.15, 0.2) is 11.6 Å². The number of primary sulfonamides is 1. The van der Waals surface area contributed by atoms with E-state index in [0.29, 0.717) is 11.0 Å². The second-order valence-electron chi connectivity index (χ2n) is 3.98. The van der Waals surface area contributed by atoms with Crippen LogP contribution in [-0.4, -0.2) is 39.2 Å². The highest BCUT2D eigenvalue weighted by atomic mass is 35.5. The average molecular weight is 349 g/mol. The van der Waals surface area contributed by atoms with Crippen molar-refractivity contribution in [2.45, 2.75) is 11.3 Å². The minimum Gasteiger partial charge on any atom is -0.336 e. The number of benzene rings is 1. The van der Waals surface area contributed by atoms with Gasteiger partial charge in [0.2, 0.25) is 10.0 Å². The molecule has 0 saturated carbocycles. The molecule has 0 fully saturated rings. The van der Waals surface area contributed by atoms with Crippen molar-refractivity contribution in [3.8, 4) is 0 Å². The maximum atomic E-state index is 13.4. The molecule has 0 atom stereocenters. The van der Waals surface area contributed by atoms with Crippen molar-refractivity contribution in [3.63, 3.8) is 0 Å². The minimum absolute atomic E-state index is 0.316. The molecule has 118 valence electrons. The summed E-state index contributed by atoms with van der Waals surface area (Å²) in [5.74, 6) is -4.75. The lowest BCUT2D eigenvalue weighted by molar-refractivity contribution is 0.0619. The Hall–Kier alpha value is -1.39. The highest BCUT2D eigenvalue weighted by Crippen LogP contribution is 2.30. The molecule has 5 nitrogen and oxygen atoms in total. The number of nitrogens with zero attached hydrogens (tertiary/aromatic N) is 1. The standard InChI is InChI=1S/C10H9ClF4N2O3S/c1-17(3-6(13)14)10(18)4-2-5(12)8(15)9(7(4)11)21(16,19)20/h2,6H,3H2,1H3,(H2,16,19,20). The molecule has 0 saturated heterocycles. The third-order valence-electron chi connectivity index (χ3n) is 2.39. The second kappa shape index (κ2) is 6.16. The fraction of sp³-hybridized carbons (Fsp3) is 0.300. The first kappa shape index (κ1) is 17.7. The number of rotatable bonds is 4. The van der Waals surface area contributed by atoms with Gasteiger partial charge in [-0.1, -0.05) is 11.6 Å². The van der Waals surface area contributed by atoms with Gasteiger partial charge in [-0.3, -0.25) is 4.79 Å². The Morgan fingerprint density at radius 1 is 1.43 bits per heavy atom. The zero-order chi connectivity index (χ0) is 16.5. The highest BCUT2D eigenvalue weighted by Gasteiger charge is 2.29. The number of sulfonamides is 1. The largest absolute Gasteiger partial charge is 0.336 e. The molecule has 0 spiro atoms. The summed E-state index contributed by atoms with van der Waals surface area (Å²) in [6.07, 6.45) is -2.87. The van der Waals surface area contributed by atoms with Gasteiger partial charge in [-0.25, -0.2) is 31.1 Å². The summed E-state index contributed by atoms with van der Waals surface area (Å²) in [6, 6.07) is 0.316. The third-order valence-corrected chi connectivity index (χ3v) is 3.85. The summed E-state index contributed by atoms with van der Waals surface area (Å²) in [6.45, 7) is -1.00. The summed E-state index contributed by atoms with van der Waals surface area (Å²) >= 11 is 5.55. The molecular weight excluding hydrogens is 340 g/mol. The molecule has 0 aromatic heterocycles. The fourth-order valence-corrected chi connectivity index (χ4v) is 2.73. The van der Waals surface area contributed by atoms with E-state index in [1.807, 2.05) is 0 Å². The van der Waals surface area contributed by atoms with Crippen molar-refractivity contribution < 1.29 is 30.8 Å². The van der Waals surface area contributed by atoms with Crippen molar-refractivity contribution in [1.29, 1.82) is 0 Å². The van der Waals surface area contributed by atoms with Crippen LogP contribution in [-0.2, 0) is 10.0 Å². The van der Waals surface area contributed by atoms with Gasteiger partial charge in [0.05, 0.1) is 17.1 Å². The van der Waals surface area contributed by atoms with Gasteiger partial charge < -0.3 is 4.90 Å². The fourth-order valence-electron chi connectivity index (χ4n) is 1.48. The summed E-state index contributed by atoms with van der Waals surface area (Å²) in [7, 11) is -3.80. The number of hydrogen-bond acceptors (Lipinski definition) is 3. The van der Waals surface area contributed by atoms with Crippen molar-refractivity contribution in [3.05, 3.63) is 28.3 Å². The number of nitrogens with two attached hydrogens (primary N) is 1. The molecule has 1 aromatic rings. The molecule has 0 radical (unpaired) electrons. The first-order valence-corrected chi connectivity index (χ1v) is 7.13. The van der Waals surface area contributed by atoms with Gasteiger partial charge in [0, 0.05) is 7.05 Å². The van der Waals surface area contributed by atoms with Crippen LogP contribution in [0, 0.1) is 11.6 Å². The Morgan fingerprint density at radius 2 is 1.95 bits per heavy atom. The summed E-state index contributed by atoms with van der Waals surface area (Å²) < 4.78 is 73.6. The van der Waals surface area contributed by atoms with E-state index in [4.69, 9.17) is 11.6 Å². The topological polar surface area (TPSA) is 80.5 Å². The number of hydrogen-bond donors (Lipinski definition) is 1. The molecule has 0 bridgehead atoms. The summed E-state index contributed by atoms with van der Waals surface area (Å²) in [5.41, 5.74) is -0.789. The Bertz CT molecular complexity index is 681. The molecule has 0 aliphatic rings. The van der Waals surface area contributed by atoms with Crippen molar-refractivity contribution >= 4 is 27.5 Å². The maximum absolute atomic E-state index is 13.4. The van der Waals surface area contributed by atoms with E-state index in [-0.39, 0.29) is 0 Å². The molecule has 0 aliphatic carbocycles. The number of carbonyl (C=O) groups excluding carboxylic acids is 1. The van der Waals surface area contributed by atoms with E-state index in [2.05, 4.69) is 5.14 Å². The lowest BCUT2D eigenvalue weighted by Crippen LogP contribution is -2.32. The minimum atomic E-state index is -4.76. The summed E-state index contributed by atoms with van der Waals surface area (Å²) in [4.78, 5) is 10.9. The normalized spacial score (nSPS) is 11.8. The first-order chi connectivity index (χ1) is 9.46. The Kier molecular flexibility index (Phi) is 5.18.